The van der Waals surface area contributed by atoms with Gasteiger partial charge in [-0.2, -0.15) is 13.2 Å². The Kier molecular flexibility index (Phi) is 5.69. The molecule has 0 unspecified atom stereocenters. The first-order valence-electron chi connectivity index (χ1n) is 10.7. The number of hydrogen-bond acceptors (Lipinski definition) is 6. The summed E-state index contributed by atoms with van der Waals surface area (Å²) >= 11 is 0. The van der Waals surface area contributed by atoms with E-state index < -0.39 is 46.4 Å². The van der Waals surface area contributed by atoms with E-state index in [9.17, 15) is 31.5 Å². The van der Waals surface area contributed by atoms with Gasteiger partial charge in [-0.3, -0.25) is 9.59 Å². The Bertz CT molecular complexity index is 1370. The van der Waals surface area contributed by atoms with Crippen LogP contribution in [0.4, 0.5) is 33.5 Å². The Morgan fingerprint density at radius 3 is 2.44 bits per heavy atom. The van der Waals surface area contributed by atoms with E-state index in [1.54, 1.807) is 4.90 Å². The van der Waals surface area contributed by atoms with Crippen LogP contribution in [0.5, 0.6) is 11.6 Å². The summed E-state index contributed by atoms with van der Waals surface area (Å²) in [5.74, 6) is -4.09. The Morgan fingerprint density at radius 2 is 1.72 bits per heavy atom. The molecule has 2 aliphatic rings. The van der Waals surface area contributed by atoms with Crippen LogP contribution in [0.3, 0.4) is 0 Å². The van der Waals surface area contributed by atoms with E-state index in [1.807, 2.05) is 0 Å². The number of ether oxygens (including phenoxy) is 1. The minimum atomic E-state index is -4.66. The van der Waals surface area contributed by atoms with Gasteiger partial charge in [0, 0.05) is 32.2 Å². The highest BCUT2D eigenvalue weighted by molar-refractivity contribution is 6.08. The van der Waals surface area contributed by atoms with Crippen LogP contribution in [0.15, 0.2) is 42.5 Å². The molecule has 3 aromatic rings. The molecule has 0 bridgehead atoms. The highest BCUT2D eigenvalue weighted by Gasteiger charge is 2.36. The number of alkyl halides is 3. The van der Waals surface area contributed by atoms with Crippen LogP contribution >= 0.6 is 0 Å². The highest BCUT2D eigenvalue weighted by atomic mass is 19.4. The number of rotatable bonds is 2. The number of piperazine rings is 1. The van der Waals surface area contributed by atoms with Crippen molar-refractivity contribution in [2.45, 2.75) is 6.18 Å². The quantitative estimate of drug-likeness (QED) is 0.528. The first-order chi connectivity index (χ1) is 17.1. The topological polar surface area (TPSA) is 87.7 Å². The smallest absolute Gasteiger partial charge is 0.417 e. The van der Waals surface area contributed by atoms with Gasteiger partial charge in [0.2, 0.25) is 0 Å². The van der Waals surface area contributed by atoms with Crippen LogP contribution in [0.1, 0.15) is 26.3 Å². The molecule has 0 aliphatic carbocycles. The number of benzene rings is 2. The summed E-state index contributed by atoms with van der Waals surface area (Å²) in [5, 5.41) is 10.2. The molecule has 8 nitrogen and oxygen atoms in total. The van der Waals surface area contributed by atoms with Crippen LogP contribution in [-0.4, -0.2) is 53.1 Å². The molecule has 2 amide bonds. The molecule has 2 aromatic carbocycles. The van der Waals surface area contributed by atoms with Crippen LogP contribution in [0.2, 0.25) is 0 Å². The summed E-state index contributed by atoms with van der Waals surface area (Å²) < 4.78 is 73.1. The van der Waals surface area contributed by atoms with Gasteiger partial charge in [0.25, 0.3) is 17.7 Å². The second-order valence-corrected chi connectivity index (χ2v) is 8.03. The molecule has 0 radical (unpaired) electrons. The van der Waals surface area contributed by atoms with E-state index in [1.165, 1.54) is 23.1 Å². The molecule has 1 fully saturated rings. The molecule has 0 spiro atoms. The molecule has 0 atom stereocenters. The first-order valence-corrected chi connectivity index (χ1v) is 10.7. The Balaban J connectivity index is 1.33. The monoisotopic (exact) mass is 505 g/mol. The van der Waals surface area contributed by atoms with Crippen molar-refractivity contribution in [1.29, 1.82) is 0 Å². The lowest BCUT2D eigenvalue weighted by atomic mass is 10.1. The van der Waals surface area contributed by atoms with Gasteiger partial charge in [0.05, 0.1) is 11.1 Å². The largest absolute Gasteiger partial charge is 0.435 e. The van der Waals surface area contributed by atoms with Gasteiger partial charge in [-0.1, -0.05) is 12.1 Å². The van der Waals surface area contributed by atoms with Crippen molar-refractivity contribution in [3.63, 3.8) is 0 Å². The highest BCUT2D eigenvalue weighted by Crippen LogP contribution is 2.37. The van der Waals surface area contributed by atoms with E-state index in [4.69, 9.17) is 4.74 Å². The van der Waals surface area contributed by atoms with Crippen LogP contribution in [-0.2, 0) is 6.18 Å². The molecule has 5 rings (SSSR count). The van der Waals surface area contributed by atoms with Crippen molar-refractivity contribution in [2.75, 3.05) is 36.4 Å². The second kappa shape index (κ2) is 8.73. The zero-order valence-corrected chi connectivity index (χ0v) is 18.3. The van der Waals surface area contributed by atoms with Crippen molar-refractivity contribution in [1.82, 2.24) is 15.1 Å². The summed E-state index contributed by atoms with van der Waals surface area (Å²) in [7, 11) is 0. The fraction of sp³-hybridized carbons (Fsp3) is 0.217. The predicted molar refractivity (Wildman–Crippen MR) is 116 cm³/mol. The average Bonchev–Trinajstić information content (AvgIpc) is 3.01. The average molecular weight is 505 g/mol. The lowest BCUT2D eigenvalue weighted by Gasteiger charge is -2.35. The van der Waals surface area contributed by atoms with Gasteiger partial charge in [0.1, 0.15) is 11.3 Å². The molecular weight excluding hydrogens is 489 g/mol. The third-order valence-corrected chi connectivity index (χ3v) is 5.85. The van der Waals surface area contributed by atoms with E-state index in [0.29, 0.717) is 0 Å². The van der Waals surface area contributed by atoms with Crippen LogP contribution in [0.25, 0.3) is 0 Å². The van der Waals surface area contributed by atoms with Gasteiger partial charge in [-0.15, -0.1) is 10.2 Å². The number of nitrogens with zero attached hydrogens (tertiary/aromatic N) is 4. The molecule has 2 aliphatic heterocycles. The van der Waals surface area contributed by atoms with Gasteiger partial charge in [0.15, 0.2) is 23.2 Å². The van der Waals surface area contributed by atoms with Gasteiger partial charge < -0.3 is 19.9 Å². The number of amides is 2. The summed E-state index contributed by atoms with van der Waals surface area (Å²) in [6.07, 6.45) is -4.66. The molecule has 36 heavy (non-hydrogen) atoms. The number of fused-ring (bicyclic) bond motifs is 2. The molecular formula is C23H16F5N5O3. The van der Waals surface area contributed by atoms with E-state index in [2.05, 4.69) is 15.5 Å². The molecule has 1 aromatic heterocycles. The maximum Gasteiger partial charge on any atom is 0.417 e. The van der Waals surface area contributed by atoms with Gasteiger partial charge >= 0.3 is 6.18 Å². The molecule has 186 valence electrons. The second-order valence-electron chi connectivity index (χ2n) is 8.03. The number of carbonyl (C=O) groups excluding carboxylic acids is 2. The zero-order chi connectivity index (χ0) is 25.6. The minimum absolute atomic E-state index is 0.0754. The minimum Gasteiger partial charge on any atom is -0.435 e. The number of aromatic nitrogens is 2. The Hall–Kier alpha value is -4.29. The van der Waals surface area contributed by atoms with E-state index >= 15 is 0 Å². The number of anilines is 2. The summed E-state index contributed by atoms with van der Waals surface area (Å²) in [6.45, 7) is 0.608. The molecule has 13 heteroatoms. The van der Waals surface area contributed by atoms with Crippen molar-refractivity contribution in [2.24, 2.45) is 0 Å². The van der Waals surface area contributed by atoms with E-state index in [-0.39, 0.29) is 49.2 Å². The maximum atomic E-state index is 14.1. The zero-order valence-electron chi connectivity index (χ0n) is 18.3. The third kappa shape index (κ3) is 4.16. The number of halogens is 5. The van der Waals surface area contributed by atoms with Gasteiger partial charge in [-0.25, -0.2) is 8.78 Å². The molecule has 1 saturated heterocycles. The van der Waals surface area contributed by atoms with Crippen LogP contribution < -0.4 is 15.0 Å². The standard InChI is InChI=1S/C23H16F5N5O3/c24-15-5-6-16-19(18(15)25)29-20(34)13-11-17(30-31-21(13)36-16)32-7-9-33(10-8-32)22(35)12-3-1-2-4-14(12)23(26,27)28/h1-6,11H,7-10H2,(H,29,34). The molecule has 3 heterocycles. The SMILES string of the molecule is O=C1Nc2c(ccc(F)c2F)Oc2nnc(N3CCN(C(=O)c4ccccc4C(F)(F)F)CC3)cc21. The van der Waals surface area contributed by atoms with Crippen molar-refractivity contribution < 1.29 is 36.3 Å². The fourth-order valence-corrected chi connectivity index (χ4v) is 4.01. The molecule has 0 saturated carbocycles. The third-order valence-electron chi connectivity index (χ3n) is 5.85. The van der Waals surface area contributed by atoms with Crippen LogP contribution in [0, 0.1) is 11.6 Å². The fourth-order valence-electron chi connectivity index (χ4n) is 4.01. The Morgan fingerprint density at radius 1 is 1.00 bits per heavy atom. The normalized spacial score (nSPS) is 15.4. The summed E-state index contributed by atoms with van der Waals surface area (Å²) in [4.78, 5) is 28.5. The predicted octanol–water partition coefficient (Wildman–Crippen LogP) is 4.09. The number of nitrogens with one attached hydrogen (secondary N) is 1. The van der Waals surface area contributed by atoms with Crippen molar-refractivity contribution in [3.8, 4) is 11.6 Å². The first kappa shape index (κ1) is 23.5. The maximum absolute atomic E-state index is 14.1. The summed E-state index contributed by atoms with van der Waals surface area (Å²) in [5.41, 5.74) is -1.97. The van der Waals surface area contributed by atoms with Crippen molar-refractivity contribution >= 4 is 23.3 Å². The lowest BCUT2D eigenvalue weighted by molar-refractivity contribution is -0.138. The Labute approximate surface area is 200 Å². The van der Waals surface area contributed by atoms with Gasteiger partial charge in [-0.05, 0) is 24.3 Å². The van der Waals surface area contributed by atoms with E-state index in [0.717, 1.165) is 24.3 Å². The number of carbonyl (C=O) groups is 2. The van der Waals surface area contributed by atoms with Crippen molar-refractivity contribution in [3.05, 3.63) is 70.8 Å². The number of hydrogen-bond donors (Lipinski definition) is 1. The summed E-state index contributed by atoms with van der Waals surface area (Å²) in [6, 6.07) is 7.94. The molecule has 1 N–H and O–H groups in total. The lowest BCUT2D eigenvalue weighted by Crippen LogP contribution is -2.49.